The minimum absolute atomic E-state index is 0.0344. The van der Waals surface area contributed by atoms with Crippen molar-refractivity contribution < 1.29 is 17.9 Å². The molecule has 1 saturated heterocycles. The second-order valence-electron chi connectivity index (χ2n) is 7.82. The fraction of sp³-hybridized carbons (Fsp3) is 0.409. The topological polar surface area (TPSA) is 75.7 Å². The Hall–Kier alpha value is -2.38. The maximum Gasteiger partial charge on any atom is 0.243 e. The van der Waals surface area contributed by atoms with Crippen molar-refractivity contribution in [1.29, 1.82) is 0 Å². The zero-order valence-electron chi connectivity index (χ0n) is 17.1. The normalized spacial score (nSPS) is 16.4. The van der Waals surface area contributed by atoms with Crippen LogP contribution < -0.4 is 10.1 Å². The number of sulfonamides is 1. The van der Waals surface area contributed by atoms with E-state index in [0.29, 0.717) is 31.7 Å². The average molecular weight is 417 g/mol. The summed E-state index contributed by atoms with van der Waals surface area (Å²) in [6, 6.07) is 16.0. The Balaban J connectivity index is 1.60. The van der Waals surface area contributed by atoms with Crippen LogP contribution in [0.25, 0.3) is 0 Å². The van der Waals surface area contributed by atoms with Crippen molar-refractivity contribution in [2.45, 2.75) is 43.0 Å². The zero-order chi connectivity index (χ0) is 21.1. The van der Waals surface area contributed by atoms with Crippen LogP contribution in [-0.4, -0.2) is 44.9 Å². The highest BCUT2D eigenvalue weighted by Crippen LogP contribution is 2.26. The first-order valence-corrected chi connectivity index (χ1v) is 11.2. The molecule has 2 aromatic carbocycles. The number of nitrogens with one attached hydrogen (secondary N) is 1. The van der Waals surface area contributed by atoms with E-state index in [1.807, 2.05) is 44.2 Å². The second-order valence-corrected chi connectivity index (χ2v) is 9.76. The fourth-order valence-corrected chi connectivity index (χ4v) is 4.96. The maximum absolute atomic E-state index is 12.9. The number of ether oxygens (including phenoxy) is 1. The molecular formula is C22H28N2O4S. The molecule has 1 heterocycles. The Kier molecular flexibility index (Phi) is 6.29. The van der Waals surface area contributed by atoms with E-state index in [1.165, 1.54) is 4.31 Å². The lowest BCUT2D eigenvalue weighted by Crippen LogP contribution is -2.50. The Morgan fingerprint density at radius 2 is 1.62 bits per heavy atom. The second kappa shape index (κ2) is 8.55. The number of nitrogens with zero attached hydrogens (tertiary/aromatic N) is 1. The van der Waals surface area contributed by atoms with Crippen molar-refractivity contribution in [3.63, 3.8) is 0 Å². The van der Waals surface area contributed by atoms with Crippen LogP contribution in [0.15, 0.2) is 59.5 Å². The predicted octanol–water partition coefficient (Wildman–Crippen LogP) is 2.94. The molecule has 1 fully saturated rings. The molecule has 0 spiro atoms. The Labute approximate surface area is 172 Å². The number of benzene rings is 2. The third-order valence-electron chi connectivity index (χ3n) is 5.55. The van der Waals surface area contributed by atoms with Crippen LogP contribution >= 0.6 is 0 Å². The molecule has 2 aromatic rings. The van der Waals surface area contributed by atoms with E-state index in [4.69, 9.17) is 4.74 Å². The van der Waals surface area contributed by atoms with Gasteiger partial charge in [0.15, 0.2) is 0 Å². The quantitative estimate of drug-likeness (QED) is 0.786. The summed E-state index contributed by atoms with van der Waals surface area (Å²) in [6.07, 6.45) is 1.18. The highest BCUT2D eigenvalue weighted by atomic mass is 32.2. The molecule has 1 aliphatic rings. The van der Waals surface area contributed by atoms with E-state index < -0.39 is 15.4 Å². The van der Waals surface area contributed by atoms with Crippen molar-refractivity contribution in [3.05, 3.63) is 60.2 Å². The van der Waals surface area contributed by atoms with E-state index >= 15 is 0 Å². The summed E-state index contributed by atoms with van der Waals surface area (Å²) in [4.78, 5) is 13.1. The van der Waals surface area contributed by atoms with E-state index in [9.17, 15) is 13.2 Å². The van der Waals surface area contributed by atoms with Crippen molar-refractivity contribution >= 4 is 15.9 Å². The molecule has 0 radical (unpaired) electrons. The van der Waals surface area contributed by atoms with Gasteiger partial charge in [-0.25, -0.2) is 8.42 Å². The molecule has 1 N–H and O–H groups in total. The van der Waals surface area contributed by atoms with Gasteiger partial charge in [0, 0.05) is 19.1 Å². The van der Waals surface area contributed by atoms with Crippen LogP contribution in [0, 0.1) is 0 Å². The fourth-order valence-electron chi connectivity index (χ4n) is 3.49. The van der Waals surface area contributed by atoms with Crippen molar-refractivity contribution in [2.24, 2.45) is 0 Å². The van der Waals surface area contributed by atoms with Gasteiger partial charge in [0.2, 0.25) is 15.9 Å². The van der Waals surface area contributed by atoms with Crippen LogP contribution in [0.3, 0.4) is 0 Å². The molecule has 0 bridgehead atoms. The van der Waals surface area contributed by atoms with Gasteiger partial charge in [-0.05, 0) is 56.5 Å². The van der Waals surface area contributed by atoms with E-state index in [1.54, 1.807) is 31.4 Å². The molecule has 3 rings (SSSR count). The standard InChI is InChI=1S/C22H28N2O4S/c1-22(2,17-7-5-4-6-8-17)21(25)23-18-13-15-24(16-14-18)29(26,27)20-11-9-19(28-3)10-12-20/h4-12,18H,13-16H2,1-3H3,(H,23,25). The van der Waals surface area contributed by atoms with Gasteiger partial charge in [0.1, 0.15) is 5.75 Å². The lowest BCUT2D eigenvalue weighted by atomic mass is 9.83. The minimum Gasteiger partial charge on any atom is -0.497 e. The minimum atomic E-state index is -3.55. The first-order chi connectivity index (χ1) is 13.7. The lowest BCUT2D eigenvalue weighted by molar-refractivity contribution is -0.126. The maximum atomic E-state index is 12.9. The number of hydrogen-bond acceptors (Lipinski definition) is 4. The van der Waals surface area contributed by atoms with Crippen LogP contribution in [0.2, 0.25) is 0 Å². The zero-order valence-corrected chi connectivity index (χ0v) is 17.9. The number of hydrogen-bond donors (Lipinski definition) is 1. The predicted molar refractivity (Wildman–Crippen MR) is 112 cm³/mol. The van der Waals surface area contributed by atoms with E-state index in [2.05, 4.69) is 5.32 Å². The van der Waals surface area contributed by atoms with Gasteiger partial charge in [0.05, 0.1) is 17.4 Å². The van der Waals surface area contributed by atoms with Crippen molar-refractivity contribution in [2.75, 3.05) is 20.2 Å². The molecule has 0 saturated carbocycles. The van der Waals surface area contributed by atoms with Gasteiger partial charge < -0.3 is 10.1 Å². The Morgan fingerprint density at radius 1 is 1.03 bits per heavy atom. The third-order valence-corrected chi connectivity index (χ3v) is 7.46. The van der Waals surface area contributed by atoms with Crippen LogP contribution in [0.4, 0.5) is 0 Å². The molecule has 7 heteroatoms. The third kappa shape index (κ3) is 4.62. The summed E-state index contributed by atoms with van der Waals surface area (Å²) in [5, 5.41) is 3.11. The molecule has 29 heavy (non-hydrogen) atoms. The van der Waals surface area contributed by atoms with E-state index in [0.717, 1.165) is 5.56 Å². The van der Waals surface area contributed by atoms with E-state index in [-0.39, 0.29) is 16.8 Å². The highest BCUT2D eigenvalue weighted by Gasteiger charge is 2.34. The number of carbonyl (C=O) groups is 1. The molecule has 6 nitrogen and oxygen atoms in total. The molecule has 1 amide bonds. The summed E-state index contributed by atoms with van der Waals surface area (Å²) < 4.78 is 32.3. The number of methoxy groups -OCH3 is 1. The first-order valence-electron chi connectivity index (χ1n) is 9.76. The van der Waals surface area contributed by atoms with Gasteiger partial charge in [0.25, 0.3) is 0 Å². The molecule has 156 valence electrons. The summed E-state index contributed by atoms with van der Waals surface area (Å²) in [6.45, 7) is 4.57. The van der Waals surface area contributed by atoms with Gasteiger partial charge >= 0.3 is 0 Å². The summed E-state index contributed by atoms with van der Waals surface area (Å²) in [5.74, 6) is 0.576. The summed E-state index contributed by atoms with van der Waals surface area (Å²) in [7, 11) is -2.00. The van der Waals surface area contributed by atoms with Crippen LogP contribution in [0.5, 0.6) is 5.75 Å². The molecule has 0 atom stereocenters. The number of rotatable bonds is 6. The molecular weight excluding hydrogens is 388 g/mol. The monoisotopic (exact) mass is 416 g/mol. The largest absolute Gasteiger partial charge is 0.497 e. The Morgan fingerprint density at radius 3 is 2.17 bits per heavy atom. The number of carbonyl (C=O) groups excluding carboxylic acids is 1. The molecule has 0 unspecified atom stereocenters. The van der Waals surface area contributed by atoms with Gasteiger partial charge in [-0.1, -0.05) is 30.3 Å². The van der Waals surface area contributed by atoms with Crippen molar-refractivity contribution in [1.82, 2.24) is 9.62 Å². The number of amides is 1. The average Bonchev–Trinajstić information content (AvgIpc) is 2.74. The number of piperidine rings is 1. The lowest BCUT2D eigenvalue weighted by Gasteiger charge is -2.34. The highest BCUT2D eigenvalue weighted by molar-refractivity contribution is 7.89. The first kappa shape index (κ1) is 21.3. The van der Waals surface area contributed by atoms with Crippen LogP contribution in [0.1, 0.15) is 32.3 Å². The molecule has 0 aliphatic carbocycles. The molecule has 0 aromatic heterocycles. The van der Waals surface area contributed by atoms with Gasteiger partial charge in [-0.15, -0.1) is 0 Å². The van der Waals surface area contributed by atoms with Crippen molar-refractivity contribution in [3.8, 4) is 5.75 Å². The van der Waals surface area contributed by atoms with Gasteiger partial charge in [-0.3, -0.25) is 4.79 Å². The Bertz CT molecular complexity index is 933. The SMILES string of the molecule is COc1ccc(S(=O)(=O)N2CCC(NC(=O)C(C)(C)c3ccccc3)CC2)cc1. The summed E-state index contributed by atoms with van der Waals surface area (Å²) in [5.41, 5.74) is 0.310. The van der Waals surface area contributed by atoms with Crippen LogP contribution in [-0.2, 0) is 20.2 Å². The smallest absolute Gasteiger partial charge is 0.243 e. The van der Waals surface area contributed by atoms with Gasteiger partial charge in [-0.2, -0.15) is 4.31 Å². The summed E-state index contributed by atoms with van der Waals surface area (Å²) >= 11 is 0. The molecule has 1 aliphatic heterocycles.